The van der Waals surface area contributed by atoms with Gasteiger partial charge in [-0.3, -0.25) is 9.11 Å². The van der Waals surface area contributed by atoms with Crippen molar-refractivity contribution in [1.29, 1.82) is 0 Å². The van der Waals surface area contributed by atoms with E-state index in [4.69, 9.17) is 0 Å². The average molecular weight is 320 g/mol. The van der Waals surface area contributed by atoms with Gasteiger partial charge in [0.25, 0.3) is 0 Å². The molecule has 0 aliphatic heterocycles. The van der Waals surface area contributed by atoms with E-state index in [1.165, 1.54) is 7.11 Å². The van der Waals surface area contributed by atoms with Crippen LogP contribution in [0.1, 0.15) is 15.9 Å². The highest BCUT2D eigenvalue weighted by atomic mass is 32.3. The maximum Gasteiger partial charge on any atom is 0.337 e. The summed E-state index contributed by atoms with van der Waals surface area (Å²) in [6, 6.07) is 15.0. The van der Waals surface area contributed by atoms with Crippen LogP contribution < -0.4 is 0 Å². The highest BCUT2D eigenvalue weighted by molar-refractivity contribution is 8.23. The van der Waals surface area contributed by atoms with E-state index in [2.05, 4.69) is 14.4 Å². The van der Waals surface area contributed by atoms with Crippen LogP contribution in [-0.4, -0.2) is 22.2 Å². The number of carbonyl (C=O) groups excluding carboxylic acids is 1. The molecule has 0 radical (unpaired) electrons. The quantitative estimate of drug-likeness (QED) is 0.639. The molecule has 0 aliphatic rings. The first-order chi connectivity index (χ1) is 10.5. The molecule has 22 heavy (non-hydrogen) atoms. The van der Waals surface area contributed by atoms with Crippen molar-refractivity contribution < 1.29 is 18.6 Å². The van der Waals surface area contributed by atoms with Crippen molar-refractivity contribution in [1.82, 2.24) is 0 Å². The van der Waals surface area contributed by atoms with Crippen LogP contribution in [0.5, 0.6) is 0 Å². The van der Waals surface area contributed by atoms with Crippen LogP contribution >= 0.6 is 10.8 Å². The van der Waals surface area contributed by atoms with E-state index in [1.54, 1.807) is 54.6 Å². The van der Waals surface area contributed by atoms with Crippen molar-refractivity contribution >= 4 is 16.7 Å². The Balaban J connectivity index is 2.01. The molecular weight excluding hydrogens is 304 g/mol. The molecule has 2 aromatic rings. The van der Waals surface area contributed by atoms with Gasteiger partial charge in [0.1, 0.15) is 0 Å². The van der Waals surface area contributed by atoms with E-state index < -0.39 is 16.7 Å². The van der Waals surface area contributed by atoms with Crippen LogP contribution in [0.3, 0.4) is 0 Å². The lowest BCUT2D eigenvalue weighted by atomic mass is 10.1. The third kappa shape index (κ3) is 4.14. The van der Waals surface area contributed by atoms with Gasteiger partial charge >= 0.3 is 5.97 Å². The second-order valence-electron chi connectivity index (χ2n) is 4.40. The fourth-order valence-corrected chi connectivity index (χ4v) is 2.54. The third-order valence-corrected chi connectivity index (χ3v) is 4.11. The Hall–Kier alpha value is -2.22. The molecule has 0 unspecified atom stereocenters. The second kappa shape index (κ2) is 7.17. The van der Waals surface area contributed by atoms with Crippen molar-refractivity contribution in [2.75, 3.05) is 7.11 Å². The maximum atomic E-state index is 11.3. The first-order valence-electron chi connectivity index (χ1n) is 6.42. The molecule has 0 amide bonds. The molecule has 0 aliphatic carbocycles. The topological polar surface area (TPSA) is 91.5 Å². The third-order valence-electron chi connectivity index (χ3n) is 2.86. The molecule has 0 saturated heterocycles. The lowest BCUT2D eigenvalue weighted by Gasteiger charge is -2.24. The van der Waals surface area contributed by atoms with Crippen LogP contribution in [0.25, 0.3) is 0 Å². The number of hydrogen-bond acceptors (Lipinski definition) is 6. The summed E-state index contributed by atoms with van der Waals surface area (Å²) in [5.41, 5.74) is 1.23. The van der Waals surface area contributed by atoms with Crippen LogP contribution in [0.4, 0.5) is 0 Å². The summed E-state index contributed by atoms with van der Waals surface area (Å²) in [5, 5.41) is 3.83. The molecule has 0 fully saturated rings. The zero-order valence-electron chi connectivity index (χ0n) is 11.9. The molecule has 0 aromatic heterocycles. The predicted molar refractivity (Wildman–Crippen MR) is 83.9 cm³/mol. The summed E-state index contributed by atoms with van der Waals surface area (Å²) in [4.78, 5) is 11.6. The summed E-state index contributed by atoms with van der Waals surface area (Å²) in [6.45, 7) is 0.185. The molecule has 2 aromatic carbocycles. The molecule has 2 rings (SSSR count). The van der Waals surface area contributed by atoms with Crippen LogP contribution in [0.15, 0.2) is 69.1 Å². The zero-order chi connectivity index (χ0) is 16.0. The Morgan fingerprint density at radius 2 is 1.73 bits per heavy atom. The summed E-state index contributed by atoms with van der Waals surface area (Å²) in [7, 11) is -1.95. The number of rotatable bonds is 5. The monoisotopic (exact) mass is 320 g/mol. The normalized spacial score (nSPS) is 12.3. The summed E-state index contributed by atoms with van der Waals surface area (Å²) in [6.07, 6.45) is 0. The molecule has 0 spiro atoms. The number of benzene rings is 2. The van der Waals surface area contributed by atoms with Crippen molar-refractivity contribution in [3.8, 4) is 0 Å². The molecule has 0 saturated carbocycles. The smallest absolute Gasteiger partial charge is 0.337 e. The van der Waals surface area contributed by atoms with Crippen molar-refractivity contribution in [3.63, 3.8) is 0 Å². The van der Waals surface area contributed by atoms with Crippen LogP contribution in [0, 0.1) is 0 Å². The standard InChI is InChI=1S/C15H16N2O4S/c1-21-15(18)13-9-7-12(8-10-13)11-16-17-22(19,20)14-5-3-2-4-6-14/h2-10,19-20H,11H2,1H3. The highest BCUT2D eigenvalue weighted by Crippen LogP contribution is 2.49. The largest absolute Gasteiger partial charge is 0.465 e. The van der Waals surface area contributed by atoms with Gasteiger partial charge in [-0.25, -0.2) is 4.79 Å². The number of esters is 1. The van der Waals surface area contributed by atoms with Gasteiger partial charge in [0, 0.05) is 0 Å². The lowest BCUT2D eigenvalue weighted by Crippen LogP contribution is -2.00. The Morgan fingerprint density at radius 1 is 1.09 bits per heavy atom. The maximum absolute atomic E-state index is 11.3. The second-order valence-corrected chi connectivity index (χ2v) is 6.07. The van der Waals surface area contributed by atoms with Crippen LogP contribution in [0.2, 0.25) is 0 Å². The number of ether oxygens (including phenoxy) is 1. The fraction of sp³-hybridized carbons (Fsp3) is 0.133. The summed E-state index contributed by atoms with van der Waals surface area (Å²) in [5.74, 6) is -0.411. The highest BCUT2D eigenvalue weighted by Gasteiger charge is 2.13. The molecule has 6 nitrogen and oxygen atoms in total. The Morgan fingerprint density at radius 3 is 2.32 bits per heavy atom. The van der Waals surface area contributed by atoms with Gasteiger partial charge in [-0.2, -0.15) is 5.11 Å². The van der Waals surface area contributed by atoms with Gasteiger partial charge in [-0.1, -0.05) is 45.6 Å². The Labute approximate surface area is 130 Å². The molecule has 7 heteroatoms. The minimum Gasteiger partial charge on any atom is -0.465 e. The first-order valence-corrected chi connectivity index (χ1v) is 7.92. The minimum absolute atomic E-state index is 0.185. The first kappa shape index (κ1) is 16.2. The van der Waals surface area contributed by atoms with E-state index in [9.17, 15) is 13.9 Å². The van der Waals surface area contributed by atoms with Gasteiger partial charge in [0.2, 0.25) is 0 Å². The van der Waals surface area contributed by atoms with E-state index in [1.807, 2.05) is 0 Å². The minimum atomic E-state index is -3.27. The van der Waals surface area contributed by atoms with Gasteiger partial charge in [-0.05, 0) is 29.8 Å². The van der Waals surface area contributed by atoms with Crippen molar-refractivity contribution in [3.05, 3.63) is 65.7 Å². The van der Waals surface area contributed by atoms with E-state index >= 15 is 0 Å². The Bertz CT molecular complexity index is 657. The summed E-state index contributed by atoms with van der Waals surface area (Å²) >= 11 is 0. The molecule has 0 bridgehead atoms. The van der Waals surface area contributed by atoms with Crippen molar-refractivity contribution in [2.24, 2.45) is 9.63 Å². The fourth-order valence-electron chi connectivity index (χ4n) is 1.71. The SMILES string of the molecule is COC(=O)c1ccc(CN=NS(O)(O)c2ccccc2)cc1. The zero-order valence-corrected chi connectivity index (χ0v) is 12.7. The molecule has 116 valence electrons. The molecule has 2 N–H and O–H groups in total. The molecular formula is C15H16N2O4S. The van der Waals surface area contributed by atoms with Gasteiger partial charge in [0.15, 0.2) is 0 Å². The molecule has 0 heterocycles. The van der Waals surface area contributed by atoms with E-state index in [-0.39, 0.29) is 6.54 Å². The number of nitrogens with zero attached hydrogens (tertiary/aromatic N) is 2. The molecule has 0 atom stereocenters. The Kier molecular flexibility index (Phi) is 5.26. The average Bonchev–Trinajstić information content (AvgIpc) is 2.55. The van der Waals surface area contributed by atoms with Gasteiger partial charge < -0.3 is 4.74 Å². The number of methoxy groups -OCH3 is 1. The van der Waals surface area contributed by atoms with E-state index in [0.29, 0.717) is 10.5 Å². The number of carbonyl (C=O) groups is 1. The van der Waals surface area contributed by atoms with Crippen molar-refractivity contribution in [2.45, 2.75) is 11.4 Å². The van der Waals surface area contributed by atoms with E-state index in [0.717, 1.165) is 5.56 Å². The van der Waals surface area contributed by atoms with Gasteiger partial charge in [0.05, 0.1) is 24.1 Å². The number of hydrogen-bond donors (Lipinski definition) is 2. The lowest BCUT2D eigenvalue weighted by molar-refractivity contribution is 0.0600. The summed E-state index contributed by atoms with van der Waals surface area (Å²) < 4.78 is 28.1. The predicted octanol–water partition coefficient (Wildman–Crippen LogP) is 4.15. The van der Waals surface area contributed by atoms with Gasteiger partial charge in [-0.15, -0.1) is 0 Å². The van der Waals surface area contributed by atoms with Crippen LogP contribution in [-0.2, 0) is 11.3 Å².